The maximum atomic E-state index is 8.74. The van der Waals surface area contributed by atoms with Gasteiger partial charge in [0.05, 0.1) is 6.61 Å². The summed E-state index contributed by atoms with van der Waals surface area (Å²) in [7, 11) is 0. The molecule has 0 rings (SSSR count). The van der Waals surface area contributed by atoms with Gasteiger partial charge in [0.2, 0.25) is 0 Å². The number of unbranched alkanes of at least 4 members (excludes halogenated alkanes) is 8. The fourth-order valence-electron chi connectivity index (χ4n) is 1.86. The molecule has 0 aromatic carbocycles. The molecule has 0 saturated carbocycles. The van der Waals surface area contributed by atoms with Crippen LogP contribution in [0.3, 0.4) is 0 Å². The fourth-order valence-corrected chi connectivity index (χ4v) is 1.86. The Hall–Kier alpha value is -0.340. The van der Waals surface area contributed by atoms with Crippen LogP contribution in [0.25, 0.3) is 0 Å². The summed E-state index contributed by atoms with van der Waals surface area (Å²) in [5, 5.41) is 8.74. The van der Waals surface area contributed by atoms with Gasteiger partial charge in [0.1, 0.15) is 0 Å². The van der Waals surface area contributed by atoms with E-state index in [-0.39, 0.29) is 12.6 Å². The summed E-state index contributed by atoms with van der Waals surface area (Å²) in [5.41, 5.74) is 5.59. The van der Waals surface area contributed by atoms with E-state index in [1.165, 1.54) is 51.4 Å². The quantitative estimate of drug-likeness (QED) is 0.403. The van der Waals surface area contributed by atoms with Crippen LogP contribution in [0, 0.1) is 0 Å². The topological polar surface area (TPSA) is 46.2 Å². The van der Waals surface area contributed by atoms with Gasteiger partial charge in [-0.05, 0) is 19.3 Å². The van der Waals surface area contributed by atoms with Crippen LogP contribution in [0.1, 0.15) is 71.1 Å². The molecule has 0 heterocycles. The van der Waals surface area contributed by atoms with Crippen molar-refractivity contribution >= 4 is 0 Å². The Kier molecular flexibility index (Phi) is 13.4. The van der Waals surface area contributed by atoms with Crippen molar-refractivity contribution < 1.29 is 5.11 Å². The van der Waals surface area contributed by atoms with Crippen LogP contribution in [0.5, 0.6) is 0 Å². The molecule has 0 fully saturated rings. The largest absolute Gasteiger partial charge is 0.395 e. The van der Waals surface area contributed by atoms with Gasteiger partial charge in [-0.15, -0.1) is 0 Å². The van der Waals surface area contributed by atoms with Gasteiger partial charge in [-0.1, -0.05) is 64.0 Å². The lowest BCUT2D eigenvalue weighted by atomic mass is 10.1. The average Bonchev–Trinajstić information content (AvgIpc) is 2.35. The monoisotopic (exact) mass is 241 g/mol. The van der Waals surface area contributed by atoms with Gasteiger partial charge in [-0.3, -0.25) is 0 Å². The molecule has 2 nitrogen and oxygen atoms in total. The Bertz CT molecular complexity index is 168. The highest BCUT2D eigenvalue weighted by molar-refractivity contribution is 4.85. The summed E-state index contributed by atoms with van der Waals surface area (Å²) in [6, 6.07) is -0.0789. The molecule has 2 heteroatoms. The van der Waals surface area contributed by atoms with E-state index < -0.39 is 0 Å². The third kappa shape index (κ3) is 13.6. The van der Waals surface area contributed by atoms with Crippen molar-refractivity contribution in [2.45, 2.75) is 77.2 Å². The van der Waals surface area contributed by atoms with Crippen molar-refractivity contribution in [2.24, 2.45) is 5.73 Å². The fraction of sp³-hybridized carbons (Fsp3) is 0.867. The zero-order valence-electron chi connectivity index (χ0n) is 11.5. The molecule has 0 aliphatic rings. The number of hydrogen-bond donors (Lipinski definition) is 2. The molecule has 0 unspecified atom stereocenters. The van der Waals surface area contributed by atoms with Gasteiger partial charge in [-0.25, -0.2) is 0 Å². The van der Waals surface area contributed by atoms with Crippen molar-refractivity contribution in [2.75, 3.05) is 6.61 Å². The minimum absolute atomic E-state index is 0.0789. The van der Waals surface area contributed by atoms with E-state index in [0.717, 1.165) is 12.8 Å². The molecule has 0 saturated heterocycles. The number of allylic oxidation sites excluding steroid dienone is 1. The molecule has 0 spiro atoms. The summed E-state index contributed by atoms with van der Waals surface area (Å²) < 4.78 is 0. The Balaban J connectivity index is 3.07. The van der Waals surface area contributed by atoms with Crippen LogP contribution < -0.4 is 5.73 Å². The molecule has 1 atom stereocenters. The van der Waals surface area contributed by atoms with E-state index in [9.17, 15) is 0 Å². The lowest BCUT2D eigenvalue weighted by molar-refractivity contribution is 0.266. The maximum Gasteiger partial charge on any atom is 0.0585 e. The molecule has 0 amide bonds. The minimum atomic E-state index is -0.0789. The smallest absolute Gasteiger partial charge is 0.0585 e. The van der Waals surface area contributed by atoms with Gasteiger partial charge in [-0.2, -0.15) is 0 Å². The highest BCUT2D eigenvalue weighted by Crippen LogP contribution is 2.09. The van der Waals surface area contributed by atoms with Gasteiger partial charge < -0.3 is 10.8 Å². The predicted molar refractivity (Wildman–Crippen MR) is 76.0 cm³/mol. The molecule has 3 N–H and O–H groups in total. The summed E-state index contributed by atoms with van der Waals surface area (Å²) >= 11 is 0. The van der Waals surface area contributed by atoms with Crippen LogP contribution in [0.2, 0.25) is 0 Å². The minimum Gasteiger partial charge on any atom is -0.395 e. The number of aliphatic hydroxyl groups is 1. The summed E-state index contributed by atoms with van der Waals surface area (Å²) in [5.74, 6) is 0. The van der Waals surface area contributed by atoms with Gasteiger partial charge >= 0.3 is 0 Å². The number of nitrogens with two attached hydrogens (primary N) is 1. The SMILES string of the molecule is CCCCCCCCCC/C=C/C[C@@H](N)CO. The normalized spacial score (nSPS) is 13.4. The third-order valence-electron chi connectivity index (χ3n) is 3.06. The second-order valence-corrected chi connectivity index (χ2v) is 4.91. The standard InChI is InChI=1S/C15H31NO/c1-2-3-4-5-6-7-8-9-10-11-12-13-15(16)14-17/h11-12,15,17H,2-10,13-14,16H2,1H3/b12-11+/t15-/m1/s1. The van der Waals surface area contributed by atoms with E-state index in [4.69, 9.17) is 10.8 Å². The molecular weight excluding hydrogens is 210 g/mol. The second kappa shape index (κ2) is 13.7. The molecule has 0 bridgehead atoms. The maximum absolute atomic E-state index is 8.74. The first-order chi connectivity index (χ1) is 8.31. The molecule has 0 aromatic heterocycles. The molecule has 0 aromatic rings. The van der Waals surface area contributed by atoms with Crippen LogP contribution >= 0.6 is 0 Å². The molecular formula is C15H31NO. The molecule has 0 aliphatic carbocycles. The summed E-state index contributed by atoms with van der Waals surface area (Å²) in [6.45, 7) is 2.34. The second-order valence-electron chi connectivity index (χ2n) is 4.91. The highest BCUT2D eigenvalue weighted by atomic mass is 16.3. The van der Waals surface area contributed by atoms with Crippen LogP contribution in [0.15, 0.2) is 12.2 Å². The van der Waals surface area contributed by atoms with Crippen LogP contribution in [-0.4, -0.2) is 17.8 Å². The Labute approximate surface area is 107 Å². The number of hydrogen-bond acceptors (Lipinski definition) is 2. The first kappa shape index (κ1) is 16.7. The van der Waals surface area contributed by atoms with Crippen molar-refractivity contribution in [3.05, 3.63) is 12.2 Å². The van der Waals surface area contributed by atoms with Crippen LogP contribution in [0.4, 0.5) is 0 Å². The molecule has 102 valence electrons. The highest BCUT2D eigenvalue weighted by Gasteiger charge is 1.94. The van der Waals surface area contributed by atoms with E-state index in [0.29, 0.717) is 0 Å². The number of aliphatic hydroxyl groups excluding tert-OH is 1. The van der Waals surface area contributed by atoms with E-state index in [2.05, 4.69) is 19.1 Å². The predicted octanol–water partition coefficient (Wildman–Crippen LogP) is 3.78. The Morgan fingerprint density at radius 3 is 2.12 bits per heavy atom. The van der Waals surface area contributed by atoms with E-state index in [1.54, 1.807) is 0 Å². The van der Waals surface area contributed by atoms with Gasteiger partial charge in [0.15, 0.2) is 0 Å². The molecule has 0 aliphatic heterocycles. The molecule has 17 heavy (non-hydrogen) atoms. The Morgan fingerprint density at radius 1 is 0.941 bits per heavy atom. The number of rotatable bonds is 12. The molecule has 0 radical (unpaired) electrons. The average molecular weight is 241 g/mol. The first-order valence-corrected chi connectivity index (χ1v) is 7.32. The lowest BCUT2D eigenvalue weighted by Gasteiger charge is -2.02. The van der Waals surface area contributed by atoms with Crippen molar-refractivity contribution in [3.63, 3.8) is 0 Å². The zero-order valence-corrected chi connectivity index (χ0v) is 11.5. The lowest BCUT2D eigenvalue weighted by Crippen LogP contribution is -2.22. The van der Waals surface area contributed by atoms with Gasteiger partial charge in [0, 0.05) is 6.04 Å². The summed E-state index contributed by atoms with van der Waals surface area (Å²) in [6.07, 6.45) is 17.2. The van der Waals surface area contributed by atoms with E-state index in [1.807, 2.05) is 0 Å². The van der Waals surface area contributed by atoms with Crippen LogP contribution in [-0.2, 0) is 0 Å². The van der Waals surface area contributed by atoms with Crippen molar-refractivity contribution in [1.82, 2.24) is 0 Å². The zero-order chi connectivity index (χ0) is 12.8. The first-order valence-electron chi connectivity index (χ1n) is 7.32. The Morgan fingerprint density at radius 2 is 1.53 bits per heavy atom. The van der Waals surface area contributed by atoms with Gasteiger partial charge in [0.25, 0.3) is 0 Å². The van der Waals surface area contributed by atoms with Crippen molar-refractivity contribution in [1.29, 1.82) is 0 Å². The third-order valence-corrected chi connectivity index (χ3v) is 3.06. The van der Waals surface area contributed by atoms with E-state index >= 15 is 0 Å². The van der Waals surface area contributed by atoms with Crippen molar-refractivity contribution in [3.8, 4) is 0 Å². The summed E-state index contributed by atoms with van der Waals surface area (Å²) in [4.78, 5) is 0.